The lowest BCUT2D eigenvalue weighted by molar-refractivity contribution is 0.102. The molecular weight excluding hydrogens is 346 g/mol. The van der Waals surface area contributed by atoms with E-state index in [9.17, 15) is 4.79 Å². The van der Waals surface area contributed by atoms with Crippen molar-refractivity contribution >= 4 is 28.6 Å². The maximum atomic E-state index is 12.5. The summed E-state index contributed by atoms with van der Waals surface area (Å²) >= 11 is 1.47. The number of aromatic nitrogens is 1. The van der Waals surface area contributed by atoms with Crippen molar-refractivity contribution in [3.8, 4) is 16.3 Å². The molecule has 0 saturated heterocycles. The van der Waals surface area contributed by atoms with Crippen LogP contribution in [0, 0.1) is 0 Å². The van der Waals surface area contributed by atoms with Crippen molar-refractivity contribution < 1.29 is 9.53 Å². The zero-order valence-electron chi connectivity index (χ0n) is 14.7. The summed E-state index contributed by atoms with van der Waals surface area (Å²) in [6, 6.07) is 13.8. The third-order valence-electron chi connectivity index (χ3n) is 4.29. The van der Waals surface area contributed by atoms with Gasteiger partial charge in [-0.25, -0.2) is 4.98 Å². The van der Waals surface area contributed by atoms with Crippen LogP contribution < -0.4 is 15.0 Å². The minimum atomic E-state index is -0.201. The minimum absolute atomic E-state index is 0.201. The molecule has 5 nitrogen and oxygen atoms in total. The third-order valence-corrected chi connectivity index (χ3v) is 5.19. The second-order valence-corrected chi connectivity index (χ2v) is 7.22. The summed E-state index contributed by atoms with van der Waals surface area (Å²) in [4.78, 5) is 19.0. The lowest BCUT2D eigenvalue weighted by Gasteiger charge is -2.13. The number of hydrogen-bond acceptors (Lipinski definition) is 5. The van der Waals surface area contributed by atoms with Gasteiger partial charge in [-0.05, 0) is 42.0 Å². The van der Waals surface area contributed by atoms with Gasteiger partial charge >= 0.3 is 0 Å². The molecule has 26 heavy (non-hydrogen) atoms. The molecule has 2 aromatic carbocycles. The van der Waals surface area contributed by atoms with E-state index < -0.39 is 0 Å². The maximum absolute atomic E-state index is 12.5. The predicted octanol–water partition coefficient (Wildman–Crippen LogP) is 4.06. The second-order valence-electron chi connectivity index (χ2n) is 6.36. The molecule has 0 fully saturated rings. The van der Waals surface area contributed by atoms with E-state index in [4.69, 9.17) is 4.74 Å². The Morgan fingerprint density at radius 2 is 2.12 bits per heavy atom. The molecule has 6 heteroatoms. The molecule has 1 aliphatic rings. The van der Waals surface area contributed by atoms with Crippen molar-refractivity contribution in [2.24, 2.45) is 0 Å². The molecule has 0 aliphatic carbocycles. The first-order valence-corrected chi connectivity index (χ1v) is 9.28. The van der Waals surface area contributed by atoms with Gasteiger partial charge in [-0.1, -0.05) is 6.07 Å². The molecule has 0 spiro atoms. The highest BCUT2D eigenvalue weighted by Crippen LogP contribution is 2.32. The van der Waals surface area contributed by atoms with E-state index in [1.165, 1.54) is 16.9 Å². The molecule has 1 aliphatic heterocycles. The van der Waals surface area contributed by atoms with Crippen LogP contribution in [-0.2, 0) is 6.42 Å². The van der Waals surface area contributed by atoms with Crippen LogP contribution in [-0.4, -0.2) is 31.6 Å². The maximum Gasteiger partial charge on any atom is 0.275 e. The van der Waals surface area contributed by atoms with Crippen LogP contribution in [0.15, 0.2) is 47.8 Å². The minimum Gasteiger partial charge on any atom is -0.493 e. The van der Waals surface area contributed by atoms with Gasteiger partial charge in [0.15, 0.2) is 0 Å². The van der Waals surface area contributed by atoms with Crippen LogP contribution in [0.5, 0.6) is 5.75 Å². The fourth-order valence-corrected chi connectivity index (χ4v) is 3.68. The highest BCUT2D eigenvalue weighted by Gasteiger charge is 2.16. The van der Waals surface area contributed by atoms with E-state index in [1.807, 2.05) is 55.4 Å². The average molecular weight is 365 g/mol. The molecule has 1 N–H and O–H groups in total. The SMILES string of the molecule is CN(C)c1cccc(NC(=O)c2csc(-c3ccc4c(c3)CCO4)n2)c1. The molecule has 1 aromatic heterocycles. The second kappa shape index (κ2) is 6.80. The summed E-state index contributed by atoms with van der Waals surface area (Å²) < 4.78 is 5.54. The number of rotatable bonds is 4. The molecule has 132 valence electrons. The van der Waals surface area contributed by atoms with Crippen LogP contribution in [0.3, 0.4) is 0 Å². The Hall–Kier alpha value is -2.86. The van der Waals surface area contributed by atoms with Gasteiger partial charge in [0.2, 0.25) is 0 Å². The molecule has 0 radical (unpaired) electrons. The van der Waals surface area contributed by atoms with Crippen LogP contribution >= 0.6 is 11.3 Å². The molecule has 0 saturated carbocycles. The van der Waals surface area contributed by atoms with Gasteiger partial charge in [-0.2, -0.15) is 0 Å². The Morgan fingerprint density at radius 3 is 2.96 bits per heavy atom. The monoisotopic (exact) mass is 365 g/mol. The van der Waals surface area contributed by atoms with Gasteiger partial charge in [0.25, 0.3) is 5.91 Å². The average Bonchev–Trinajstić information content (AvgIpc) is 3.30. The Morgan fingerprint density at radius 1 is 1.23 bits per heavy atom. The van der Waals surface area contributed by atoms with Crippen molar-refractivity contribution in [2.45, 2.75) is 6.42 Å². The van der Waals surface area contributed by atoms with Crippen molar-refractivity contribution in [2.75, 3.05) is 30.9 Å². The Bertz CT molecular complexity index is 965. The molecule has 0 unspecified atom stereocenters. The number of thiazole rings is 1. The number of hydrogen-bond donors (Lipinski definition) is 1. The molecule has 0 bridgehead atoms. The number of amides is 1. The number of benzene rings is 2. The van der Waals surface area contributed by atoms with E-state index in [2.05, 4.69) is 16.4 Å². The predicted molar refractivity (Wildman–Crippen MR) is 105 cm³/mol. The molecule has 4 rings (SSSR count). The van der Waals surface area contributed by atoms with Gasteiger partial charge in [0.05, 0.1) is 6.61 Å². The normalized spacial score (nSPS) is 12.4. The lowest BCUT2D eigenvalue weighted by atomic mass is 10.1. The van der Waals surface area contributed by atoms with E-state index in [0.29, 0.717) is 5.69 Å². The van der Waals surface area contributed by atoms with E-state index in [0.717, 1.165) is 40.7 Å². The topological polar surface area (TPSA) is 54.5 Å². The Kier molecular flexibility index (Phi) is 4.34. The van der Waals surface area contributed by atoms with Gasteiger partial charge in [0, 0.05) is 42.8 Å². The zero-order valence-corrected chi connectivity index (χ0v) is 15.5. The molecule has 3 aromatic rings. The van der Waals surface area contributed by atoms with E-state index >= 15 is 0 Å². The summed E-state index contributed by atoms with van der Waals surface area (Å²) in [5.41, 5.74) is 4.43. The highest BCUT2D eigenvalue weighted by atomic mass is 32.1. The third kappa shape index (κ3) is 3.28. The molecule has 0 atom stereocenters. The summed E-state index contributed by atoms with van der Waals surface area (Å²) in [5.74, 6) is 0.747. The quantitative estimate of drug-likeness (QED) is 0.757. The van der Waals surface area contributed by atoms with Crippen molar-refractivity contribution in [1.82, 2.24) is 4.98 Å². The number of nitrogens with one attached hydrogen (secondary N) is 1. The lowest BCUT2D eigenvalue weighted by Crippen LogP contribution is -2.13. The zero-order chi connectivity index (χ0) is 18.1. The summed E-state index contributed by atoms with van der Waals surface area (Å²) in [6.45, 7) is 0.732. The number of anilines is 2. The first-order valence-electron chi connectivity index (χ1n) is 8.40. The number of nitrogens with zero attached hydrogens (tertiary/aromatic N) is 2. The largest absolute Gasteiger partial charge is 0.493 e. The summed E-state index contributed by atoms with van der Waals surface area (Å²) in [5, 5.41) is 5.55. The summed E-state index contributed by atoms with van der Waals surface area (Å²) in [7, 11) is 3.94. The van der Waals surface area contributed by atoms with Crippen LogP contribution in [0.2, 0.25) is 0 Å². The van der Waals surface area contributed by atoms with Gasteiger partial charge in [0.1, 0.15) is 16.5 Å². The van der Waals surface area contributed by atoms with Crippen molar-refractivity contribution in [3.63, 3.8) is 0 Å². The van der Waals surface area contributed by atoms with Crippen LogP contribution in [0.25, 0.3) is 10.6 Å². The van der Waals surface area contributed by atoms with Crippen molar-refractivity contribution in [1.29, 1.82) is 0 Å². The fourth-order valence-electron chi connectivity index (χ4n) is 2.89. The number of carbonyl (C=O) groups excluding carboxylic acids is 1. The van der Waals surface area contributed by atoms with Gasteiger partial charge < -0.3 is 15.0 Å². The van der Waals surface area contributed by atoms with Gasteiger partial charge in [-0.15, -0.1) is 11.3 Å². The smallest absolute Gasteiger partial charge is 0.275 e. The molecular formula is C20H19N3O2S. The molecule has 1 amide bonds. The fraction of sp³-hybridized carbons (Fsp3) is 0.200. The number of carbonyl (C=O) groups is 1. The standard InChI is InChI=1S/C20H19N3O2S/c1-23(2)16-5-3-4-15(11-16)21-19(24)17-12-26-20(22-17)14-6-7-18-13(10-14)8-9-25-18/h3-7,10-12H,8-9H2,1-2H3,(H,21,24). The first-order chi connectivity index (χ1) is 12.6. The number of ether oxygens (including phenoxy) is 1. The summed E-state index contributed by atoms with van der Waals surface area (Å²) in [6.07, 6.45) is 0.921. The van der Waals surface area contributed by atoms with Crippen molar-refractivity contribution in [3.05, 3.63) is 59.1 Å². The van der Waals surface area contributed by atoms with Crippen LogP contribution in [0.4, 0.5) is 11.4 Å². The highest BCUT2D eigenvalue weighted by molar-refractivity contribution is 7.13. The first kappa shape index (κ1) is 16.6. The van der Waals surface area contributed by atoms with Gasteiger partial charge in [-0.3, -0.25) is 4.79 Å². The van der Waals surface area contributed by atoms with Crippen LogP contribution in [0.1, 0.15) is 16.1 Å². The Balaban J connectivity index is 1.52. The van der Waals surface area contributed by atoms with E-state index in [1.54, 1.807) is 5.38 Å². The molecule has 2 heterocycles. The number of fused-ring (bicyclic) bond motifs is 1. The van der Waals surface area contributed by atoms with E-state index in [-0.39, 0.29) is 5.91 Å². The Labute approximate surface area is 156 Å².